The zero-order chi connectivity index (χ0) is 107. The molecule has 0 spiro atoms. The molecule has 0 bridgehead atoms. The zero-order valence-corrected chi connectivity index (χ0v) is 92.4. The highest BCUT2D eigenvalue weighted by Gasteiger charge is 2.45. The number of methoxy groups -OCH3 is 2. The van der Waals surface area contributed by atoms with Crippen LogP contribution in [0.5, 0.6) is 11.5 Å². The Morgan fingerprint density at radius 2 is 0.633 bits per heavy atom. The van der Waals surface area contributed by atoms with Crippen LogP contribution < -0.4 is 25.4 Å². The summed E-state index contributed by atoms with van der Waals surface area (Å²) in [6.45, 7) is 19.9. The number of nitrogens with one attached hydrogen (secondary N) is 3. The van der Waals surface area contributed by atoms with Crippen molar-refractivity contribution in [3.05, 3.63) is 275 Å². The molecule has 16 atom stereocenters. The smallest absolute Gasteiger partial charge is 0.471 e. The SMILES string of the molecule is CCCCCCCCCCCCCC[C@@H](OCc1ccccc1)[C@@H](OCc1ccccc1)[C@H](CO[C@H]1OC(COCc2ccccc2)[C@H](C)[C@H](C)C1C)NC(=O)CCCCCCCCCC(=O)c1ccc(OC)cc1.CCCCCCCCCCCCCC[C@@H](OCc1ccccc1)[C@@H](OCc1ccccc1)[C@H](CO[C@H]1OC(COCc2ccccc2)[C@H](C)[C@H](C)C1C)NC(=O)CNC(=O)C(F)(F)F.COc1ccc(C(=O)Cl)cc1. The van der Waals surface area contributed by atoms with Crippen LogP contribution in [0.4, 0.5) is 13.2 Å². The Hall–Kier alpha value is -9.21. The van der Waals surface area contributed by atoms with Crippen LogP contribution in [0.1, 0.15) is 334 Å². The normalized spacial score (nSPS) is 18.8. The third-order valence-electron chi connectivity index (χ3n) is 29.4. The Kier molecular flexibility index (Phi) is 63.4. The average Bonchev–Trinajstić information content (AvgIpc) is 0.813. The standard InChI is InChI=1S/C66H97NO8.C52H75F3N2O7.C8H7ClO2/c1-6-7-8-9-10-11-12-13-14-17-20-32-41-62(72-48-56-36-27-23-28-37-56)65(73-49-57-38-29-24-30-39-57)60(50-74-66-54(4)52(2)53(3)63(75-66)51-71-47-55-34-25-22-26-35-55)67-64(69)42-33-21-18-15-16-19-31-40-61(68)58-43-45-59(70-5)46-44-58;1-5-6-7-8-9-10-11-12-13-14-15-25-32-46(61-35-43-28-21-17-22-29-43)49(62-36-44-30-23-18-24-31-44)45(57-48(58)33-56-51(59)52(53,54)55)37-63-50-41(4)39(2)40(3)47(64-50)38-60-34-42-26-19-16-20-27-42;1-11-7-4-2-6(3-5-7)8(9)10/h22-30,34-39,43-46,52-54,60,62-63,65-66H,6-21,31-33,40-42,47-51H2,1-5H3,(H,67,69);16-24,26-31,39-41,45-47,49-50H,5-15,25,32-38H2,1-4H3,(H,56,59)(H,57,58);2-5H,1H3/t52-,53+,54?,60-,62+,63?,65-,66-;39-,40+,41?,45-,46+,47?,49-,50-;/m00./s1. The zero-order valence-electron chi connectivity index (χ0n) is 91.7. The van der Waals surface area contributed by atoms with E-state index in [4.69, 9.17) is 68.4 Å². The Labute approximate surface area is 901 Å². The van der Waals surface area contributed by atoms with Crippen LogP contribution >= 0.6 is 11.6 Å². The number of hydrogen-bond acceptors (Lipinski definition) is 17. The van der Waals surface area contributed by atoms with Gasteiger partial charge < -0.3 is 72.8 Å². The minimum atomic E-state index is -5.14. The van der Waals surface area contributed by atoms with Gasteiger partial charge in [0.05, 0.1) is 123 Å². The van der Waals surface area contributed by atoms with E-state index in [1.165, 1.54) is 116 Å². The largest absolute Gasteiger partial charge is 0.497 e. The average molecular weight is 2100 g/mol. The summed E-state index contributed by atoms with van der Waals surface area (Å²) in [6, 6.07) is 72.9. The van der Waals surface area contributed by atoms with Gasteiger partial charge in [0.2, 0.25) is 11.8 Å². The van der Waals surface area contributed by atoms with E-state index in [1.807, 2.05) is 158 Å². The Bertz CT molecular complexity index is 4810. The van der Waals surface area contributed by atoms with Crippen LogP contribution in [0.2, 0.25) is 0 Å². The van der Waals surface area contributed by atoms with Gasteiger partial charge in [-0.15, -0.1) is 0 Å². The number of hydrogen-bond donors (Lipinski definition) is 3. The molecule has 0 saturated carbocycles. The lowest BCUT2D eigenvalue weighted by atomic mass is 9.79. The molecule has 8 aromatic carbocycles. The van der Waals surface area contributed by atoms with E-state index in [2.05, 4.69) is 115 Å². The highest BCUT2D eigenvalue weighted by atomic mass is 35.5. The number of rotatable bonds is 74. The van der Waals surface area contributed by atoms with Crippen LogP contribution in [0.25, 0.3) is 0 Å². The van der Waals surface area contributed by atoms with Crippen LogP contribution in [0, 0.1) is 35.5 Å². The topological polar surface area (TPSA) is 232 Å². The fourth-order valence-corrected chi connectivity index (χ4v) is 19.4. The Morgan fingerprint density at radius 3 is 0.953 bits per heavy atom. The fourth-order valence-electron chi connectivity index (χ4n) is 19.3. The van der Waals surface area contributed by atoms with Gasteiger partial charge in [0.15, 0.2) is 18.4 Å². The summed E-state index contributed by atoms with van der Waals surface area (Å²) < 4.78 is 117. The number of halogens is 4. The van der Waals surface area contributed by atoms with Crippen LogP contribution in [-0.4, -0.2) is 143 Å². The van der Waals surface area contributed by atoms with Crippen molar-refractivity contribution in [2.45, 2.75) is 387 Å². The van der Waals surface area contributed by atoms with Gasteiger partial charge in [0, 0.05) is 35.8 Å². The highest BCUT2D eigenvalue weighted by Crippen LogP contribution is 2.39. The number of unbranched alkanes of at least 4 members (excludes halogenated alkanes) is 28. The number of benzene rings is 8. The van der Waals surface area contributed by atoms with Gasteiger partial charge in [-0.25, -0.2) is 0 Å². The number of carbonyl (C=O) groups excluding carboxylic acids is 5. The van der Waals surface area contributed by atoms with Gasteiger partial charge in [-0.05, 0) is 143 Å². The van der Waals surface area contributed by atoms with Crippen molar-refractivity contribution in [1.82, 2.24) is 16.0 Å². The molecule has 3 N–H and O–H groups in total. The fraction of sp³-hybridized carbons (Fsp3) is 0.579. The second-order valence-electron chi connectivity index (χ2n) is 41.1. The predicted molar refractivity (Wildman–Crippen MR) is 593 cm³/mol. The molecule has 2 aliphatic heterocycles. The van der Waals surface area contributed by atoms with Crippen molar-refractivity contribution in [2.75, 3.05) is 47.2 Å². The molecule has 2 saturated heterocycles. The molecular formula is C126H179ClF3N3O17. The summed E-state index contributed by atoms with van der Waals surface area (Å²) in [6.07, 6.45) is 30.0. The number of ketones is 1. The molecule has 24 heteroatoms. The van der Waals surface area contributed by atoms with Gasteiger partial charge in [-0.2, -0.15) is 13.2 Å². The summed E-state index contributed by atoms with van der Waals surface area (Å²) in [5, 5.41) is 7.63. The first-order valence-electron chi connectivity index (χ1n) is 56.3. The van der Waals surface area contributed by atoms with E-state index in [9.17, 15) is 37.1 Å². The lowest BCUT2D eigenvalue weighted by Crippen LogP contribution is -2.56. The summed E-state index contributed by atoms with van der Waals surface area (Å²) >= 11 is 5.22. The van der Waals surface area contributed by atoms with Crippen LogP contribution in [0.3, 0.4) is 0 Å². The van der Waals surface area contributed by atoms with Crippen LogP contribution in [0.15, 0.2) is 231 Å². The second kappa shape index (κ2) is 75.6. The highest BCUT2D eigenvalue weighted by molar-refractivity contribution is 6.67. The second-order valence-corrected chi connectivity index (χ2v) is 41.5. The van der Waals surface area contributed by atoms with E-state index >= 15 is 0 Å². The van der Waals surface area contributed by atoms with E-state index in [1.54, 1.807) is 43.8 Å². The van der Waals surface area contributed by atoms with Gasteiger partial charge >= 0.3 is 12.1 Å². The third kappa shape index (κ3) is 50.8. The first-order chi connectivity index (χ1) is 72.9. The van der Waals surface area contributed by atoms with Crippen molar-refractivity contribution < 1.29 is 94.0 Å². The van der Waals surface area contributed by atoms with E-state index in [0.29, 0.717) is 76.1 Å². The van der Waals surface area contributed by atoms with Crippen molar-refractivity contribution in [3.63, 3.8) is 0 Å². The summed E-state index contributed by atoms with van der Waals surface area (Å²) in [7, 11) is 3.20. The molecule has 2 heterocycles. The molecule has 150 heavy (non-hydrogen) atoms. The van der Waals surface area contributed by atoms with Crippen molar-refractivity contribution in [2.24, 2.45) is 35.5 Å². The maximum absolute atomic E-state index is 14.2. The summed E-state index contributed by atoms with van der Waals surface area (Å²) in [5.74, 6) is -0.365. The third-order valence-corrected chi connectivity index (χ3v) is 29.6. The molecule has 20 nitrogen and oxygen atoms in total. The van der Waals surface area contributed by atoms with E-state index in [-0.39, 0.29) is 86.0 Å². The van der Waals surface area contributed by atoms with Gasteiger partial charge in [0.25, 0.3) is 5.24 Å². The molecule has 0 radical (unpaired) electrons. The lowest BCUT2D eigenvalue weighted by Gasteiger charge is -2.44. The predicted octanol–water partition coefficient (Wildman–Crippen LogP) is 29.4. The van der Waals surface area contributed by atoms with Gasteiger partial charge in [0.1, 0.15) is 23.7 Å². The Balaban J connectivity index is 0.000000333. The summed E-state index contributed by atoms with van der Waals surface area (Å²) in [4.78, 5) is 62.8. The molecule has 2 fully saturated rings. The van der Waals surface area contributed by atoms with Crippen LogP contribution in [-0.2, 0) is 101 Å². The molecular weight excluding hydrogens is 1920 g/mol. The molecule has 828 valence electrons. The minimum Gasteiger partial charge on any atom is -0.497 e. The first-order valence-corrected chi connectivity index (χ1v) is 56.7. The number of ether oxygens (including phenoxy) is 12. The molecule has 0 aliphatic carbocycles. The quantitative estimate of drug-likeness (QED) is 0.0183. The monoisotopic (exact) mass is 2100 g/mol. The first kappa shape index (κ1) is 126. The van der Waals surface area contributed by atoms with E-state index in [0.717, 1.165) is 135 Å². The van der Waals surface area contributed by atoms with E-state index < -0.39 is 72.8 Å². The number of alkyl halides is 3. The summed E-state index contributed by atoms with van der Waals surface area (Å²) in [5.41, 5.74) is 7.43. The number of amides is 3. The minimum absolute atomic E-state index is 0.00656. The molecule has 2 aliphatic rings. The van der Waals surface area contributed by atoms with Crippen molar-refractivity contribution in [1.29, 1.82) is 0 Å². The molecule has 4 unspecified atom stereocenters. The lowest BCUT2D eigenvalue weighted by molar-refractivity contribution is -0.262. The number of carbonyl (C=O) groups is 5. The Morgan fingerprint density at radius 1 is 0.340 bits per heavy atom. The molecule has 0 aromatic heterocycles. The molecule has 8 aromatic rings. The molecule has 10 rings (SSSR count). The van der Waals surface area contributed by atoms with Gasteiger partial charge in [-0.3, -0.25) is 24.0 Å². The maximum atomic E-state index is 14.2. The maximum Gasteiger partial charge on any atom is 0.471 e. The van der Waals surface area contributed by atoms with Gasteiger partial charge in [-0.1, -0.05) is 424 Å². The number of Topliss-reactive ketones (excluding diaryl/α,β-unsaturated/α-hetero) is 1. The molecule has 3 amide bonds. The van der Waals surface area contributed by atoms with Crippen molar-refractivity contribution in [3.8, 4) is 11.5 Å². The van der Waals surface area contributed by atoms with Crippen molar-refractivity contribution >= 4 is 40.3 Å².